The fourth-order valence-corrected chi connectivity index (χ4v) is 2.56. The molecule has 0 bridgehead atoms. The maximum Gasteiger partial charge on any atom is 0.326 e. The van der Waals surface area contributed by atoms with Gasteiger partial charge in [-0.1, -0.05) is 34.6 Å². The monoisotopic (exact) mass is 287 g/mol. The van der Waals surface area contributed by atoms with Crippen molar-refractivity contribution in [2.45, 2.75) is 72.6 Å². The molecule has 0 spiro atoms. The molecule has 5 nitrogen and oxygen atoms in total. The molecule has 1 N–H and O–H groups in total. The summed E-state index contributed by atoms with van der Waals surface area (Å²) >= 11 is 0. The average molecular weight is 287 g/mol. The maximum atomic E-state index is 12.1. The lowest BCUT2D eigenvalue weighted by atomic mass is 10.1. The zero-order chi connectivity index (χ0) is 15.9. The molecule has 0 aromatic rings. The van der Waals surface area contributed by atoms with Crippen LogP contribution in [0.5, 0.6) is 0 Å². The molecule has 2 saturated heterocycles. The predicted octanol–water partition coefficient (Wildman–Crippen LogP) is 2.89. The van der Waals surface area contributed by atoms with Crippen LogP contribution in [0.1, 0.15) is 60.8 Å². The zero-order valence-electron chi connectivity index (χ0n) is 13.6. The molecule has 0 saturated carbocycles. The second-order valence-corrected chi connectivity index (χ2v) is 4.81. The van der Waals surface area contributed by atoms with Crippen molar-refractivity contribution in [3.63, 3.8) is 0 Å². The Labute approximate surface area is 122 Å². The van der Waals surface area contributed by atoms with Gasteiger partial charge in [0.1, 0.15) is 11.8 Å². The minimum absolute atomic E-state index is 0.0927. The number of aliphatic carboxylic acids is 1. The predicted molar refractivity (Wildman–Crippen MR) is 78.3 cm³/mol. The van der Waals surface area contributed by atoms with Crippen LogP contribution in [0.4, 0.5) is 0 Å². The van der Waals surface area contributed by atoms with Crippen molar-refractivity contribution in [1.29, 1.82) is 0 Å². The van der Waals surface area contributed by atoms with Gasteiger partial charge < -0.3 is 14.7 Å². The highest BCUT2D eigenvalue weighted by atomic mass is 16.5. The molecule has 2 rings (SSSR count). The van der Waals surface area contributed by atoms with E-state index < -0.39 is 17.7 Å². The second-order valence-electron chi connectivity index (χ2n) is 4.81. The van der Waals surface area contributed by atoms with Gasteiger partial charge in [0.15, 0.2) is 0 Å². The van der Waals surface area contributed by atoms with Crippen LogP contribution >= 0.6 is 0 Å². The maximum absolute atomic E-state index is 12.1. The quantitative estimate of drug-likeness (QED) is 0.805. The largest absolute Gasteiger partial charge is 0.480 e. The van der Waals surface area contributed by atoms with Crippen LogP contribution < -0.4 is 0 Å². The van der Waals surface area contributed by atoms with E-state index in [0.29, 0.717) is 25.9 Å². The molecular weight excluding hydrogens is 258 g/mol. The Morgan fingerprint density at radius 3 is 2.35 bits per heavy atom. The number of fused-ring (bicyclic) bond motifs is 1. The van der Waals surface area contributed by atoms with Crippen LogP contribution in [0.2, 0.25) is 0 Å². The molecule has 20 heavy (non-hydrogen) atoms. The van der Waals surface area contributed by atoms with Gasteiger partial charge in [0.2, 0.25) is 5.91 Å². The number of carbonyl (C=O) groups excluding carboxylic acids is 1. The zero-order valence-corrected chi connectivity index (χ0v) is 13.6. The molecule has 0 aliphatic carbocycles. The molecule has 2 fully saturated rings. The summed E-state index contributed by atoms with van der Waals surface area (Å²) in [6.07, 6.45) is 1.74. The Morgan fingerprint density at radius 1 is 1.30 bits per heavy atom. The third kappa shape index (κ3) is 3.72. The van der Waals surface area contributed by atoms with Gasteiger partial charge in [-0.25, -0.2) is 4.79 Å². The number of rotatable bonds is 1. The lowest BCUT2D eigenvalue weighted by molar-refractivity contribution is -0.169. The highest BCUT2D eigenvalue weighted by Crippen LogP contribution is 2.38. The van der Waals surface area contributed by atoms with E-state index in [1.54, 1.807) is 0 Å². The minimum atomic E-state index is -0.935. The minimum Gasteiger partial charge on any atom is -0.480 e. The first kappa shape index (κ1) is 18.9. The van der Waals surface area contributed by atoms with Crippen LogP contribution in [-0.4, -0.2) is 40.3 Å². The lowest BCUT2D eigenvalue weighted by Crippen LogP contribution is -2.52. The molecule has 3 atom stereocenters. The first-order valence-electron chi connectivity index (χ1n) is 7.65. The van der Waals surface area contributed by atoms with Crippen LogP contribution in [0.3, 0.4) is 0 Å². The fraction of sp³-hybridized carbons (Fsp3) is 0.867. The summed E-state index contributed by atoms with van der Waals surface area (Å²) in [5, 5.41) is 9.11. The van der Waals surface area contributed by atoms with Crippen LogP contribution in [0, 0.1) is 5.92 Å². The van der Waals surface area contributed by atoms with E-state index in [1.807, 2.05) is 41.5 Å². The van der Waals surface area contributed by atoms with Crippen molar-refractivity contribution in [3.8, 4) is 0 Å². The first-order chi connectivity index (χ1) is 9.46. The van der Waals surface area contributed by atoms with E-state index in [1.165, 1.54) is 4.90 Å². The van der Waals surface area contributed by atoms with E-state index >= 15 is 0 Å². The third-order valence-corrected chi connectivity index (χ3v) is 3.61. The van der Waals surface area contributed by atoms with Gasteiger partial charge in [0, 0.05) is 5.92 Å². The second kappa shape index (κ2) is 8.25. The van der Waals surface area contributed by atoms with Gasteiger partial charge >= 0.3 is 5.97 Å². The Kier molecular flexibility index (Phi) is 7.79. The van der Waals surface area contributed by atoms with Crippen molar-refractivity contribution in [2.75, 3.05) is 6.61 Å². The van der Waals surface area contributed by atoms with Gasteiger partial charge in [0.05, 0.1) is 6.61 Å². The van der Waals surface area contributed by atoms with Crippen molar-refractivity contribution in [2.24, 2.45) is 5.92 Å². The summed E-state index contributed by atoms with van der Waals surface area (Å²) < 4.78 is 5.68. The van der Waals surface area contributed by atoms with E-state index in [9.17, 15) is 9.59 Å². The van der Waals surface area contributed by atoms with E-state index in [0.717, 1.165) is 0 Å². The van der Waals surface area contributed by atoms with Crippen molar-refractivity contribution < 1.29 is 19.4 Å². The topological polar surface area (TPSA) is 66.8 Å². The molecule has 0 radical (unpaired) electrons. The molecule has 2 heterocycles. The summed E-state index contributed by atoms with van der Waals surface area (Å²) in [5.41, 5.74) is -0.717. The van der Waals surface area contributed by atoms with E-state index in [-0.39, 0.29) is 11.8 Å². The first-order valence-corrected chi connectivity index (χ1v) is 7.65. The molecule has 0 aromatic heterocycles. The summed E-state index contributed by atoms with van der Waals surface area (Å²) in [6, 6.07) is -0.724. The highest BCUT2D eigenvalue weighted by Gasteiger charge is 2.51. The summed E-state index contributed by atoms with van der Waals surface area (Å²) in [7, 11) is 0. The number of carboxylic acid groups (broad SMARTS) is 1. The highest BCUT2D eigenvalue weighted by molar-refractivity contribution is 5.86. The van der Waals surface area contributed by atoms with Crippen molar-refractivity contribution in [3.05, 3.63) is 0 Å². The SMILES string of the molecule is CC.CC.CC1CCO[C@@]2(C)CCC(C(=O)O)N2C1=O. The van der Waals surface area contributed by atoms with Crippen molar-refractivity contribution in [1.82, 2.24) is 4.90 Å². The number of hydrogen-bond acceptors (Lipinski definition) is 3. The van der Waals surface area contributed by atoms with Gasteiger partial charge in [-0.15, -0.1) is 0 Å². The number of carboxylic acids is 1. The van der Waals surface area contributed by atoms with Gasteiger partial charge in [-0.05, 0) is 26.2 Å². The number of nitrogens with zero attached hydrogens (tertiary/aromatic N) is 1. The molecule has 2 aliphatic rings. The standard InChI is InChI=1S/C11H17NO4.2C2H6/c1-7-4-6-16-11(2)5-3-8(10(14)15)12(11)9(7)13;2*1-2/h7-8H,3-6H2,1-2H3,(H,14,15);2*1-2H3/t7?,8?,11-;;/m0../s1. The van der Waals surface area contributed by atoms with E-state index in [2.05, 4.69) is 0 Å². The Morgan fingerprint density at radius 2 is 1.85 bits per heavy atom. The molecule has 2 unspecified atom stereocenters. The number of hydrogen-bond donors (Lipinski definition) is 1. The molecule has 2 aliphatic heterocycles. The summed E-state index contributed by atoms with van der Waals surface area (Å²) in [5.74, 6) is -1.18. The van der Waals surface area contributed by atoms with Gasteiger partial charge in [0.25, 0.3) is 0 Å². The Hall–Kier alpha value is -1.10. The van der Waals surface area contributed by atoms with Crippen LogP contribution in [0.25, 0.3) is 0 Å². The molecule has 118 valence electrons. The van der Waals surface area contributed by atoms with Gasteiger partial charge in [-0.2, -0.15) is 0 Å². The average Bonchev–Trinajstić information content (AvgIpc) is 2.75. The Balaban J connectivity index is 0.000000829. The molecular formula is C15H29NO4. The van der Waals surface area contributed by atoms with E-state index in [4.69, 9.17) is 9.84 Å². The number of carbonyl (C=O) groups is 2. The normalized spacial score (nSPS) is 32.1. The fourth-order valence-electron chi connectivity index (χ4n) is 2.56. The van der Waals surface area contributed by atoms with Gasteiger partial charge in [-0.3, -0.25) is 4.79 Å². The summed E-state index contributed by atoms with van der Waals surface area (Å²) in [4.78, 5) is 24.7. The smallest absolute Gasteiger partial charge is 0.326 e. The van der Waals surface area contributed by atoms with Crippen LogP contribution in [-0.2, 0) is 14.3 Å². The van der Waals surface area contributed by atoms with Crippen LogP contribution in [0.15, 0.2) is 0 Å². The van der Waals surface area contributed by atoms with Crippen molar-refractivity contribution >= 4 is 11.9 Å². The Bertz CT molecular complexity index is 332. The number of amides is 1. The summed E-state index contributed by atoms with van der Waals surface area (Å²) in [6.45, 7) is 12.2. The number of ether oxygens (including phenoxy) is 1. The molecule has 5 heteroatoms. The third-order valence-electron chi connectivity index (χ3n) is 3.61. The molecule has 1 amide bonds. The molecule has 0 aromatic carbocycles. The lowest BCUT2D eigenvalue weighted by Gasteiger charge is -2.35.